The van der Waals surface area contributed by atoms with Gasteiger partial charge < -0.3 is 9.88 Å². The minimum Gasteiger partial charge on any atom is -0.317 e. The van der Waals surface area contributed by atoms with Crippen LogP contribution in [0.1, 0.15) is 49.8 Å². The first kappa shape index (κ1) is 18.0. The summed E-state index contributed by atoms with van der Waals surface area (Å²) in [5.74, 6) is 1.03. The summed E-state index contributed by atoms with van der Waals surface area (Å²) in [6.07, 6.45) is 6.05. The Morgan fingerprint density at radius 2 is 2.04 bits per heavy atom. The maximum atomic E-state index is 4.78. The van der Waals surface area contributed by atoms with E-state index in [-0.39, 0.29) is 5.41 Å². The molecule has 1 aliphatic heterocycles. The SMILES string of the molecule is Cc1ccc(C2(CN(C)Cc3nncn3C(C)C)CCNCC2)nc1. The maximum absolute atomic E-state index is 4.78. The zero-order valence-corrected chi connectivity index (χ0v) is 15.9. The van der Waals surface area contributed by atoms with E-state index in [4.69, 9.17) is 4.98 Å². The number of aryl methyl sites for hydroxylation is 1. The molecule has 1 aliphatic rings. The molecule has 1 fully saturated rings. The number of hydrogen-bond acceptors (Lipinski definition) is 5. The van der Waals surface area contributed by atoms with Gasteiger partial charge in [-0.3, -0.25) is 9.88 Å². The van der Waals surface area contributed by atoms with Crippen molar-refractivity contribution < 1.29 is 0 Å². The molecule has 0 amide bonds. The van der Waals surface area contributed by atoms with Gasteiger partial charge in [-0.15, -0.1) is 10.2 Å². The Hall–Kier alpha value is -1.79. The molecule has 0 atom stereocenters. The summed E-state index contributed by atoms with van der Waals surface area (Å²) < 4.78 is 2.15. The maximum Gasteiger partial charge on any atom is 0.147 e. The Bertz CT molecular complexity index is 669. The molecule has 0 spiro atoms. The van der Waals surface area contributed by atoms with Crippen molar-refractivity contribution in [3.05, 3.63) is 41.7 Å². The topological polar surface area (TPSA) is 58.9 Å². The van der Waals surface area contributed by atoms with Gasteiger partial charge in [0, 0.05) is 29.9 Å². The molecule has 136 valence electrons. The van der Waals surface area contributed by atoms with Crippen molar-refractivity contribution in [3.63, 3.8) is 0 Å². The van der Waals surface area contributed by atoms with E-state index in [1.807, 2.05) is 12.5 Å². The van der Waals surface area contributed by atoms with Crippen molar-refractivity contribution in [1.82, 2.24) is 30.0 Å². The highest BCUT2D eigenvalue weighted by Gasteiger charge is 2.36. The number of pyridine rings is 1. The fourth-order valence-corrected chi connectivity index (χ4v) is 3.81. The second-order valence-corrected chi connectivity index (χ2v) is 7.67. The second kappa shape index (κ2) is 7.62. The van der Waals surface area contributed by atoms with Crippen molar-refractivity contribution in [2.45, 2.75) is 51.6 Å². The van der Waals surface area contributed by atoms with Gasteiger partial charge in [0.25, 0.3) is 0 Å². The van der Waals surface area contributed by atoms with Gasteiger partial charge in [0.1, 0.15) is 12.2 Å². The average molecular weight is 342 g/mol. The molecule has 3 heterocycles. The molecule has 0 bridgehead atoms. The number of likely N-dealkylation sites (N-methyl/N-ethyl adjacent to an activating group) is 1. The summed E-state index contributed by atoms with van der Waals surface area (Å²) in [5, 5.41) is 11.9. The van der Waals surface area contributed by atoms with Gasteiger partial charge in [0.05, 0.1) is 6.54 Å². The lowest BCUT2D eigenvalue weighted by molar-refractivity contribution is 0.187. The summed E-state index contributed by atoms with van der Waals surface area (Å²) in [6.45, 7) is 10.3. The zero-order chi connectivity index (χ0) is 17.9. The largest absolute Gasteiger partial charge is 0.317 e. The average Bonchev–Trinajstić information content (AvgIpc) is 3.04. The summed E-state index contributed by atoms with van der Waals surface area (Å²) >= 11 is 0. The fraction of sp³-hybridized carbons (Fsp3) is 0.632. The normalized spacial score (nSPS) is 17.4. The molecular weight excluding hydrogens is 312 g/mol. The van der Waals surface area contributed by atoms with E-state index in [9.17, 15) is 0 Å². The number of nitrogens with zero attached hydrogens (tertiary/aromatic N) is 5. The summed E-state index contributed by atoms with van der Waals surface area (Å²) in [7, 11) is 2.18. The van der Waals surface area contributed by atoms with Crippen molar-refractivity contribution in [2.75, 3.05) is 26.7 Å². The van der Waals surface area contributed by atoms with Crippen molar-refractivity contribution in [1.29, 1.82) is 0 Å². The summed E-state index contributed by atoms with van der Waals surface area (Å²) in [5.41, 5.74) is 2.54. The van der Waals surface area contributed by atoms with Crippen LogP contribution in [0.3, 0.4) is 0 Å². The highest BCUT2D eigenvalue weighted by Crippen LogP contribution is 2.33. The first-order chi connectivity index (χ1) is 12.0. The summed E-state index contributed by atoms with van der Waals surface area (Å²) in [6, 6.07) is 4.78. The van der Waals surface area contributed by atoms with Crippen LogP contribution in [0, 0.1) is 6.92 Å². The Balaban J connectivity index is 1.78. The highest BCUT2D eigenvalue weighted by atomic mass is 15.3. The molecule has 6 nitrogen and oxygen atoms in total. The number of aromatic nitrogens is 4. The predicted molar refractivity (Wildman–Crippen MR) is 99.5 cm³/mol. The lowest BCUT2D eigenvalue weighted by atomic mass is 9.75. The van der Waals surface area contributed by atoms with Crippen LogP contribution in [0.2, 0.25) is 0 Å². The van der Waals surface area contributed by atoms with Crippen LogP contribution in [0.4, 0.5) is 0 Å². The van der Waals surface area contributed by atoms with Crippen molar-refractivity contribution in [3.8, 4) is 0 Å². The van der Waals surface area contributed by atoms with Crippen LogP contribution in [-0.2, 0) is 12.0 Å². The number of hydrogen-bond donors (Lipinski definition) is 1. The quantitative estimate of drug-likeness (QED) is 0.873. The lowest BCUT2D eigenvalue weighted by Crippen LogP contribution is -2.47. The Morgan fingerprint density at radius 3 is 2.68 bits per heavy atom. The van der Waals surface area contributed by atoms with Gasteiger partial charge in [-0.2, -0.15) is 0 Å². The third-order valence-corrected chi connectivity index (χ3v) is 5.20. The number of piperidine rings is 1. The minimum atomic E-state index is 0.108. The lowest BCUT2D eigenvalue weighted by Gasteiger charge is -2.40. The third kappa shape index (κ3) is 4.07. The van der Waals surface area contributed by atoms with Gasteiger partial charge in [-0.25, -0.2) is 0 Å². The molecular formula is C19H30N6. The predicted octanol–water partition coefficient (Wildman–Crippen LogP) is 2.32. The van der Waals surface area contributed by atoms with Crippen LogP contribution in [-0.4, -0.2) is 51.3 Å². The van der Waals surface area contributed by atoms with Gasteiger partial charge in [-0.05, 0) is 65.4 Å². The van der Waals surface area contributed by atoms with Crippen LogP contribution >= 0.6 is 0 Å². The Morgan fingerprint density at radius 1 is 1.28 bits per heavy atom. The molecule has 1 N–H and O–H groups in total. The molecule has 0 aromatic carbocycles. The second-order valence-electron chi connectivity index (χ2n) is 7.67. The molecule has 0 aliphatic carbocycles. The molecule has 0 unspecified atom stereocenters. The first-order valence-electron chi connectivity index (χ1n) is 9.21. The molecule has 2 aromatic rings. The third-order valence-electron chi connectivity index (χ3n) is 5.20. The number of rotatable bonds is 6. The Labute approximate surface area is 150 Å². The molecule has 3 rings (SSSR count). The van der Waals surface area contributed by atoms with Gasteiger partial charge in [0.15, 0.2) is 0 Å². The summed E-state index contributed by atoms with van der Waals surface area (Å²) in [4.78, 5) is 7.15. The van der Waals surface area contributed by atoms with Crippen molar-refractivity contribution >= 4 is 0 Å². The Kier molecular flexibility index (Phi) is 5.49. The van der Waals surface area contributed by atoms with E-state index in [1.165, 1.54) is 11.3 Å². The van der Waals surface area contributed by atoms with Gasteiger partial charge in [0.2, 0.25) is 0 Å². The zero-order valence-electron chi connectivity index (χ0n) is 15.9. The van der Waals surface area contributed by atoms with E-state index in [2.05, 4.69) is 64.9 Å². The molecule has 1 saturated heterocycles. The van der Waals surface area contributed by atoms with Crippen LogP contribution in [0.15, 0.2) is 24.7 Å². The standard InChI is InChI=1S/C19H30N6/c1-15(2)25-14-22-23-18(25)12-24(4)13-19(7-9-20-10-8-19)17-6-5-16(3)11-21-17/h5-6,11,14-15,20H,7-10,12-13H2,1-4H3. The highest BCUT2D eigenvalue weighted by molar-refractivity contribution is 5.22. The van der Waals surface area contributed by atoms with E-state index in [0.29, 0.717) is 6.04 Å². The van der Waals surface area contributed by atoms with E-state index in [0.717, 1.165) is 44.8 Å². The van der Waals surface area contributed by atoms with Crippen LogP contribution < -0.4 is 5.32 Å². The van der Waals surface area contributed by atoms with Gasteiger partial charge >= 0.3 is 0 Å². The molecule has 0 saturated carbocycles. The van der Waals surface area contributed by atoms with E-state index < -0.39 is 0 Å². The van der Waals surface area contributed by atoms with Crippen LogP contribution in [0.25, 0.3) is 0 Å². The monoisotopic (exact) mass is 342 g/mol. The van der Waals surface area contributed by atoms with Crippen LogP contribution in [0.5, 0.6) is 0 Å². The minimum absolute atomic E-state index is 0.108. The molecule has 0 radical (unpaired) electrons. The smallest absolute Gasteiger partial charge is 0.147 e. The first-order valence-corrected chi connectivity index (χ1v) is 9.21. The van der Waals surface area contributed by atoms with E-state index >= 15 is 0 Å². The molecule has 6 heteroatoms. The van der Waals surface area contributed by atoms with Gasteiger partial charge in [-0.1, -0.05) is 6.07 Å². The fourth-order valence-electron chi connectivity index (χ4n) is 3.81. The number of nitrogens with one attached hydrogen (secondary N) is 1. The molecule has 25 heavy (non-hydrogen) atoms. The molecule has 2 aromatic heterocycles. The van der Waals surface area contributed by atoms with Crippen molar-refractivity contribution in [2.24, 2.45) is 0 Å². The van der Waals surface area contributed by atoms with E-state index in [1.54, 1.807) is 0 Å².